The topological polar surface area (TPSA) is 110 Å². The molecular formula is C13H14O7. The van der Waals surface area contributed by atoms with Gasteiger partial charge < -0.3 is 19.7 Å². The standard InChI is InChI=1S/C13H14O7/c1-8(14)19-6-9(15)7-20-13(18)11-5-3-2-4-10(11)12(16)17/h2-5,9,15H,6-7H2,1H3,(H,16,17). The van der Waals surface area contributed by atoms with E-state index < -0.39 is 30.6 Å². The fourth-order valence-corrected chi connectivity index (χ4v) is 1.36. The Hall–Kier alpha value is -2.41. The predicted molar refractivity (Wildman–Crippen MR) is 66.3 cm³/mol. The highest BCUT2D eigenvalue weighted by Crippen LogP contribution is 2.10. The number of aromatic carboxylic acids is 1. The van der Waals surface area contributed by atoms with E-state index in [9.17, 15) is 19.5 Å². The van der Waals surface area contributed by atoms with E-state index in [1.54, 1.807) is 0 Å². The number of esters is 2. The number of carboxylic acids is 1. The summed E-state index contributed by atoms with van der Waals surface area (Å²) in [5.74, 6) is -2.69. The summed E-state index contributed by atoms with van der Waals surface area (Å²) in [6.07, 6.45) is -1.17. The smallest absolute Gasteiger partial charge is 0.339 e. The quantitative estimate of drug-likeness (QED) is 0.729. The molecule has 1 aromatic carbocycles. The van der Waals surface area contributed by atoms with Gasteiger partial charge in [-0.05, 0) is 12.1 Å². The zero-order valence-corrected chi connectivity index (χ0v) is 10.7. The lowest BCUT2D eigenvalue weighted by Crippen LogP contribution is -2.25. The van der Waals surface area contributed by atoms with Gasteiger partial charge in [0.2, 0.25) is 0 Å². The van der Waals surface area contributed by atoms with Crippen LogP contribution >= 0.6 is 0 Å². The van der Waals surface area contributed by atoms with Gasteiger partial charge in [0.25, 0.3) is 0 Å². The lowest BCUT2D eigenvalue weighted by molar-refractivity contribution is -0.144. The van der Waals surface area contributed by atoms with Crippen molar-refractivity contribution in [2.24, 2.45) is 0 Å². The molecule has 0 fully saturated rings. The molecule has 0 saturated heterocycles. The van der Waals surface area contributed by atoms with Gasteiger partial charge in [0.1, 0.15) is 19.3 Å². The number of ether oxygens (including phenoxy) is 2. The van der Waals surface area contributed by atoms with E-state index in [4.69, 9.17) is 9.84 Å². The van der Waals surface area contributed by atoms with Crippen LogP contribution in [0.4, 0.5) is 0 Å². The molecule has 2 N–H and O–H groups in total. The zero-order valence-electron chi connectivity index (χ0n) is 10.7. The van der Waals surface area contributed by atoms with Crippen LogP contribution in [-0.2, 0) is 14.3 Å². The number of benzene rings is 1. The lowest BCUT2D eigenvalue weighted by atomic mass is 10.1. The van der Waals surface area contributed by atoms with Crippen molar-refractivity contribution in [2.45, 2.75) is 13.0 Å². The van der Waals surface area contributed by atoms with E-state index in [-0.39, 0.29) is 17.7 Å². The second-order valence-corrected chi connectivity index (χ2v) is 3.91. The van der Waals surface area contributed by atoms with Crippen molar-refractivity contribution in [1.29, 1.82) is 0 Å². The maximum absolute atomic E-state index is 11.7. The summed E-state index contributed by atoms with van der Waals surface area (Å²) in [6.45, 7) is 0.477. The number of aliphatic hydroxyl groups is 1. The Kier molecular flexibility index (Phi) is 5.67. The summed E-state index contributed by atoms with van der Waals surface area (Å²) in [5.41, 5.74) is -0.299. The summed E-state index contributed by atoms with van der Waals surface area (Å²) in [4.78, 5) is 33.2. The molecule has 0 aromatic heterocycles. The molecule has 1 rings (SSSR count). The fourth-order valence-electron chi connectivity index (χ4n) is 1.36. The Morgan fingerprint density at radius 2 is 1.65 bits per heavy atom. The summed E-state index contributed by atoms with van der Waals surface area (Å²) < 4.78 is 9.30. The first kappa shape index (κ1) is 15.6. The maximum Gasteiger partial charge on any atom is 0.339 e. The largest absolute Gasteiger partial charge is 0.478 e. The zero-order chi connectivity index (χ0) is 15.1. The molecule has 1 aromatic rings. The first-order valence-corrected chi connectivity index (χ1v) is 5.72. The predicted octanol–water partition coefficient (Wildman–Crippen LogP) is 0.466. The van der Waals surface area contributed by atoms with Crippen LogP contribution < -0.4 is 0 Å². The van der Waals surface area contributed by atoms with Crippen molar-refractivity contribution >= 4 is 17.9 Å². The van der Waals surface area contributed by atoms with E-state index in [1.807, 2.05) is 0 Å². The van der Waals surface area contributed by atoms with Crippen LogP contribution in [0.3, 0.4) is 0 Å². The second-order valence-electron chi connectivity index (χ2n) is 3.91. The molecule has 0 radical (unpaired) electrons. The van der Waals surface area contributed by atoms with Gasteiger partial charge in [0, 0.05) is 6.92 Å². The number of hydrogen-bond acceptors (Lipinski definition) is 6. The van der Waals surface area contributed by atoms with Crippen LogP contribution in [-0.4, -0.2) is 47.4 Å². The van der Waals surface area contributed by atoms with Crippen molar-refractivity contribution in [3.63, 3.8) is 0 Å². The molecule has 7 nitrogen and oxygen atoms in total. The fraction of sp³-hybridized carbons (Fsp3) is 0.308. The molecule has 1 unspecified atom stereocenters. The molecule has 7 heteroatoms. The second kappa shape index (κ2) is 7.25. The number of carboxylic acid groups (broad SMARTS) is 1. The van der Waals surface area contributed by atoms with Gasteiger partial charge in [0.15, 0.2) is 0 Å². The van der Waals surface area contributed by atoms with E-state index in [0.29, 0.717) is 0 Å². The third-order valence-corrected chi connectivity index (χ3v) is 2.26. The Balaban J connectivity index is 2.59. The molecule has 0 heterocycles. The van der Waals surface area contributed by atoms with Gasteiger partial charge in [-0.25, -0.2) is 9.59 Å². The lowest BCUT2D eigenvalue weighted by Gasteiger charge is -2.11. The molecular weight excluding hydrogens is 268 g/mol. The molecule has 0 aliphatic carbocycles. The van der Waals surface area contributed by atoms with Crippen LogP contribution in [0, 0.1) is 0 Å². The van der Waals surface area contributed by atoms with Crippen LogP contribution in [0.5, 0.6) is 0 Å². The Morgan fingerprint density at radius 1 is 1.10 bits per heavy atom. The van der Waals surface area contributed by atoms with E-state index in [2.05, 4.69) is 4.74 Å². The van der Waals surface area contributed by atoms with Crippen molar-refractivity contribution in [3.8, 4) is 0 Å². The maximum atomic E-state index is 11.7. The van der Waals surface area contributed by atoms with E-state index >= 15 is 0 Å². The molecule has 0 aliphatic rings. The van der Waals surface area contributed by atoms with Gasteiger partial charge in [-0.1, -0.05) is 12.1 Å². The highest BCUT2D eigenvalue weighted by molar-refractivity contribution is 6.02. The van der Waals surface area contributed by atoms with Crippen molar-refractivity contribution in [3.05, 3.63) is 35.4 Å². The Bertz CT molecular complexity index is 509. The third-order valence-electron chi connectivity index (χ3n) is 2.26. The normalized spacial score (nSPS) is 11.5. The highest BCUT2D eigenvalue weighted by atomic mass is 16.6. The van der Waals surface area contributed by atoms with Gasteiger partial charge in [0.05, 0.1) is 11.1 Å². The number of rotatable bonds is 6. The van der Waals surface area contributed by atoms with Crippen molar-refractivity contribution in [1.82, 2.24) is 0 Å². The van der Waals surface area contributed by atoms with Crippen LogP contribution in [0.15, 0.2) is 24.3 Å². The molecule has 0 spiro atoms. The molecule has 0 saturated carbocycles. The first-order valence-electron chi connectivity index (χ1n) is 5.72. The van der Waals surface area contributed by atoms with Gasteiger partial charge >= 0.3 is 17.9 Å². The minimum atomic E-state index is -1.25. The van der Waals surface area contributed by atoms with Gasteiger partial charge in [-0.15, -0.1) is 0 Å². The molecule has 0 bridgehead atoms. The molecule has 1 atom stereocenters. The highest BCUT2D eigenvalue weighted by Gasteiger charge is 2.18. The summed E-state index contributed by atoms with van der Waals surface area (Å²) in [7, 11) is 0. The molecule has 0 amide bonds. The van der Waals surface area contributed by atoms with Crippen molar-refractivity contribution in [2.75, 3.05) is 13.2 Å². The molecule has 20 heavy (non-hydrogen) atoms. The Labute approximate surface area is 114 Å². The number of aliphatic hydroxyl groups excluding tert-OH is 1. The number of carbonyl (C=O) groups is 3. The average Bonchev–Trinajstić information content (AvgIpc) is 2.42. The Morgan fingerprint density at radius 3 is 2.20 bits per heavy atom. The molecule has 108 valence electrons. The third kappa shape index (κ3) is 4.69. The average molecular weight is 282 g/mol. The van der Waals surface area contributed by atoms with Crippen LogP contribution in [0.1, 0.15) is 27.6 Å². The number of carbonyl (C=O) groups excluding carboxylic acids is 2. The summed E-state index contributed by atoms with van der Waals surface area (Å²) in [6, 6.07) is 5.56. The minimum Gasteiger partial charge on any atom is -0.478 e. The molecule has 0 aliphatic heterocycles. The van der Waals surface area contributed by atoms with E-state index in [0.717, 1.165) is 0 Å². The van der Waals surface area contributed by atoms with Gasteiger partial charge in [-0.3, -0.25) is 4.79 Å². The van der Waals surface area contributed by atoms with E-state index in [1.165, 1.54) is 31.2 Å². The van der Waals surface area contributed by atoms with Gasteiger partial charge in [-0.2, -0.15) is 0 Å². The SMILES string of the molecule is CC(=O)OCC(O)COC(=O)c1ccccc1C(=O)O. The minimum absolute atomic E-state index is 0.111. The number of hydrogen-bond donors (Lipinski definition) is 2. The van der Waals surface area contributed by atoms with Crippen LogP contribution in [0.2, 0.25) is 0 Å². The first-order chi connectivity index (χ1) is 9.41. The summed E-state index contributed by atoms with van der Waals surface area (Å²) in [5, 5.41) is 18.3. The summed E-state index contributed by atoms with van der Waals surface area (Å²) >= 11 is 0. The van der Waals surface area contributed by atoms with Crippen molar-refractivity contribution < 1.29 is 34.1 Å². The monoisotopic (exact) mass is 282 g/mol. The van der Waals surface area contributed by atoms with Crippen LogP contribution in [0.25, 0.3) is 0 Å².